The highest BCUT2D eigenvalue weighted by molar-refractivity contribution is 7.99. The molecule has 80 valence electrons. The summed E-state index contributed by atoms with van der Waals surface area (Å²) in [6, 6.07) is 7.45. The molecule has 3 nitrogen and oxygen atoms in total. The zero-order valence-corrected chi connectivity index (χ0v) is 9.77. The molecule has 0 fully saturated rings. The van der Waals surface area contributed by atoms with E-state index >= 15 is 0 Å². The van der Waals surface area contributed by atoms with Gasteiger partial charge >= 0.3 is 0 Å². The highest BCUT2D eigenvalue weighted by atomic mass is 32.2. The Morgan fingerprint density at radius 1 is 1.60 bits per heavy atom. The number of benzene rings is 1. The minimum atomic E-state index is 0.526. The minimum absolute atomic E-state index is 0.526. The molecular formula is C11H15N3S. The number of rotatable bonds is 4. The van der Waals surface area contributed by atoms with Crippen LogP contribution in [0.15, 0.2) is 18.2 Å². The second-order valence-electron chi connectivity index (χ2n) is 3.34. The van der Waals surface area contributed by atoms with E-state index in [1.807, 2.05) is 23.9 Å². The van der Waals surface area contributed by atoms with E-state index in [-0.39, 0.29) is 0 Å². The van der Waals surface area contributed by atoms with Crippen LogP contribution in [0.2, 0.25) is 0 Å². The second kappa shape index (κ2) is 5.52. The van der Waals surface area contributed by atoms with Gasteiger partial charge in [0.25, 0.3) is 0 Å². The number of nitrogens with one attached hydrogen (secondary N) is 1. The van der Waals surface area contributed by atoms with Crippen LogP contribution in [-0.2, 0) is 0 Å². The van der Waals surface area contributed by atoms with Gasteiger partial charge in [0.1, 0.15) is 6.07 Å². The number of hydrogen-bond donors (Lipinski definition) is 2. The molecule has 4 heteroatoms. The van der Waals surface area contributed by atoms with Crippen LogP contribution < -0.4 is 11.1 Å². The van der Waals surface area contributed by atoms with Crippen molar-refractivity contribution in [2.24, 2.45) is 0 Å². The lowest BCUT2D eigenvalue weighted by Crippen LogP contribution is -2.12. The Kier molecular flexibility index (Phi) is 4.32. The standard InChI is InChI=1S/C11H15N3S/c1-8(15-2)7-14-10-4-3-9(6-12)11(13)5-10/h3-5,8,14H,7,13H2,1-2H3. The van der Waals surface area contributed by atoms with E-state index in [1.54, 1.807) is 12.1 Å². The zero-order chi connectivity index (χ0) is 11.3. The van der Waals surface area contributed by atoms with Crippen LogP contribution in [0.5, 0.6) is 0 Å². The third-order valence-electron chi connectivity index (χ3n) is 2.17. The van der Waals surface area contributed by atoms with Crippen molar-refractivity contribution in [2.75, 3.05) is 23.9 Å². The zero-order valence-electron chi connectivity index (χ0n) is 8.95. The molecule has 0 aliphatic heterocycles. The summed E-state index contributed by atoms with van der Waals surface area (Å²) in [5.74, 6) is 0. The van der Waals surface area contributed by atoms with Gasteiger partial charge in [-0.05, 0) is 24.5 Å². The predicted molar refractivity (Wildman–Crippen MR) is 67.0 cm³/mol. The van der Waals surface area contributed by atoms with Gasteiger partial charge < -0.3 is 11.1 Å². The molecule has 1 aromatic carbocycles. The average molecular weight is 221 g/mol. The molecule has 0 aliphatic carbocycles. The van der Waals surface area contributed by atoms with Gasteiger partial charge in [-0.1, -0.05) is 6.92 Å². The molecule has 1 aromatic rings. The van der Waals surface area contributed by atoms with Gasteiger partial charge in [0.2, 0.25) is 0 Å². The molecule has 0 aliphatic rings. The van der Waals surface area contributed by atoms with Crippen LogP contribution in [0.25, 0.3) is 0 Å². The van der Waals surface area contributed by atoms with Crippen LogP contribution in [0, 0.1) is 11.3 Å². The summed E-state index contributed by atoms with van der Waals surface area (Å²) in [7, 11) is 0. The average Bonchev–Trinajstić information content (AvgIpc) is 2.26. The van der Waals surface area contributed by atoms with E-state index in [0.29, 0.717) is 16.5 Å². The van der Waals surface area contributed by atoms with Crippen molar-refractivity contribution < 1.29 is 0 Å². The fourth-order valence-corrected chi connectivity index (χ4v) is 1.37. The Labute approximate surface area is 94.7 Å². The first-order valence-corrected chi connectivity index (χ1v) is 6.02. The first kappa shape index (κ1) is 11.7. The van der Waals surface area contributed by atoms with Gasteiger partial charge in [0, 0.05) is 17.5 Å². The van der Waals surface area contributed by atoms with Crippen LogP contribution in [0.4, 0.5) is 11.4 Å². The van der Waals surface area contributed by atoms with Crippen LogP contribution >= 0.6 is 11.8 Å². The van der Waals surface area contributed by atoms with Crippen LogP contribution in [0.3, 0.4) is 0 Å². The lowest BCUT2D eigenvalue weighted by molar-refractivity contribution is 1.00. The third kappa shape index (κ3) is 3.37. The molecule has 0 bridgehead atoms. The topological polar surface area (TPSA) is 61.8 Å². The highest BCUT2D eigenvalue weighted by Crippen LogP contribution is 2.17. The molecule has 1 rings (SSSR count). The summed E-state index contributed by atoms with van der Waals surface area (Å²) in [6.07, 6.45) is 2.08. The first-order valence-electron chi connectivity index (χ1n) is 4.73. The van der Waals surface area contributed by atoms with Crippen molar-refractivity contribution in [3.8, 4) is 6.07 Å². The molecule has 15 heavy (non-hydrogen) atoms. The smallest absolute Gasteiger partial charge is 0.101 e. The van der Waals surface area contributed by atoms with Crippen LogP contribution in [0.1, 0.15) is 12.5 Å². The van der Waals surface area contributed by atoms with Crippen molar-refractivity contribution in [3.05, 3.63) is 23.8 Å². The molecule has 0 amide bonds. The van der Waals surface area contributed by atoms with E-state index in [0.717, 1.165) is 12.2 Å². The Morgan fingerprint density at radius 2 is 2.33 bits per heavy atom. The fraction of sp³-hybridized carbons (Fsp3) is 0.364. The maximum absolute atomic E-state index is 8.71. The van der Waals surface area contributed by atoms with Crippen LogP contribution in [-0.4, -0.2) is 18.1 Å². The summed E-state index contributed by atoms with van der Waals surface area (Å²) < 4.78 is 0. The number of thioether (sulfide) groups is 1. The molecule has 0 saturated carbocycles. The summed E-state index contributed by atoms with van der Waals surface area (Å²) in [5.41, 5.74) is 7.72. The monoisotopic (exact) mass is 221 g/mol. The van der Waals surface area contributed by atoms with E-state index in [1.165, 1.54) is 0 Å². The van der Waals surface area contributed by atoms with Gasteiger partial charge in [-0.15, -0.1) is 0 Å². The second-order valence-corrected chi connectivity index (χ2v) is 4.62. The quantitative estimate of drug-likeness (QED) is 0.766. The van der Waals surface area contributed by atoms with E-state index < -0.39 is 0 Å². The Bertz CT molecular complexity index is 371. The van der Waals surface area contributed by atoms with Gasteiger partial charge in [-0.25, -0.2) is 0 Å². The molecular weight excluding hydrogens is 206 g/mol. The fourth-order valence-electron chi connectivity index (χ4n) is 1.12. The largest absolute Gasteiger partial charge is 0.398 e. The predicted octanol–water partition coefficient (Wildman–Crippen LogP) is 2.30. The summed E-state index contributed by atoms with van der Waals surface area (Å²) >= 11 is 1.81. The normalized spacial score (nSPS) is 11.8. The van der Waals surface area contributed by atoms with Gasteiger partial charge in [0.15, 0.2) is 0 Å². The van der Waals surface area contributed by atoms with Crippen molar-refractivity contribution in [2.45, 2.75) is 12.2 Å². The Balaban J connectivity index is 2.64. The van der Waals surface area contributed by atoms with E-state index in [4.69, 9.17) is 11.0 Å². The molecule has 0 heterocycles. The first-order chi connectivity index (χ1) is 7.17. The minimum Gasteiger partial charge on any atom is -0.398 e. The van der Waals surface area contributed by atoms with Gasteiger partial charge in [0.05, 0.1) is 11.3 Å². The van der Waals surface area contributed by atoms with E-state index in [9.17, 15) is 0 Å². The SMILES string of the molecule is CSC(C)CNc1ccc(C#N)c(N)c1. The molecule has 0 aromatic heterocycles. The highest BCUT2D eigenvalue weighted by Gasteiger charge is 2.01. The summed E-state index contributed by atoms with van der Waals surface area (Å²) in [5, 5.41) is 12.5. The van der Waals surface area contributed by atoms with E-state index in [2.05, 4.69) is 18.5 Å². The maximum atomic E-state index is 8.71. The molecule has 0 saturated heterocycles. The summed E-state index contributed by atoms with van der Waals surface area (Å²) in [4.78, 5) is 0. The van der Waals surface area contributed by atoms with Crippen molar-refractivity contribution >= 4 is 23.1 Å². The molecule has 3 N–H and O–H groups in total. The molecule has 0 spiro atoms. The molecule has 1 unspecified atom stereocenters. The number of nitriles is 1. The molecule has 1 atom stereocenters. The number of hydrogen-bond acceptors (Lipinski definition) is 4. The van der Waals surface area contributed by atoms with Gasteiger partial charge in [-0.2, -0.15) is 17.0 Å². The van der Waals surface area contributed by atoms with Gasteiger partial charge in [-0.3, -0.25) is 0 Å². The van der Waals surface area contributed by atoms with Crippen molar-refractivity contribution in [1.82, 2.24) is 0 Å². The van der Waals surface area contributed by atoms with Crippen molar-refractivity contribution in [3.63, 3.8) is 0 Å². The molecule has 0 radical (unpaired) electrons. The number of nitrogens with two attached hydrogens (primary N) is 1. The van der Waals surface area contributed by atoms with Crippen molar-refractivity contribution in [1.29, 1.82) is 5.26 Å². The Hall–Kier alpha value is -1.34. The number of nitrogens with zero attached hydrogens (tertiary/aromatic N) is 1. The lowest BCUT2D eigenvalue weighted by atomic mass is 10.2. The third-order valence-corrected chi connectivity index (χ3v) is 3.14. The lowest BCUT2D eigenvalue weighted by Gasteiger charge is -2.11. The number of anilines is 2. The number of nitrogen functional groups attached to an aromatic ring is 1. The Morgan fingerprint density at radius 3 is 2.87 bits per heavy atom. The summed E-state index contributed by atoms with van der Waals surface area (Å²) in [6.45, 7) is 3.05. The maximum Gasteiger partial charge on any atom is 0.101 e.